The van der Waals surface area contributed by atoms with Gasteiger partial charge in [0.2, 0.25) is 0 Å². The van der Waals surface area contributed by atoms with E-state index in [-0.39, 0.29) is 5.41 Å². The molecule has 2 heterocycles. The van der Waals surface area contributed by atoms with E-state index in [1.165, 1.54) is 75.6 Å². The number of fused-ring (bicyclic) bond motifs is 6. The molecule has 2 nitrogen and oxygen atoms in total. The molecule has 11 rings (SSSR count). The molecule has 3 aliphatic carbocycles. The van der Waals surface area contributed by atoms with Gasteiger partial charge in [-0.1, -0.05) is 153 Å². The quantitative estimate of drug-likeness (QED) is 0.161. The smallest absolute Gasteiger partial charge is 0.142 e. The van der Waals surface area contributed by atoms with Crippen molar-refractivity contribution in [2.45, 2.75) is 44.9 Å². The van der Waals surface area contributed by atoms with Crippen LogP contribution < -0.4 is 14.7 Å². The Balaban J connectivity index is 1.08. The van der Waals surface area contributed by atoms with Gasteiger partial charge in [-0.3, -0.25) is 0 Å². The van der Waals surface area contributed by atoms with Crippen LogP contribution in [-0.4, -0.2) is 0 Å². The van der Waals surface area contributed by atoms with Crippen molar-refractivity contribution in [2.24, 2.45) is 0 Å². The Morgan fingerprint density at radius 2 is 1.19 bits per heavy atom. The van der Waals surface area contributed by atoms with E-state index in [2.05, 4.69) is 195 Å². The highest BCUT2D eigenvalue weighted by atomic mass is 32.1. The van der Waals surface area contributed by atoms with Crippen LogP contribution in [-0.2, 0) is 5.41 Å². The highest BCUT2D eigenvalue weighted by Gasteiger charge is 2.45. The zero-order valence-corrected chi connectivity index (χ0v) is 33.7. The summed E-state index contributed by atoms with van der Waals surface area (Å²) in [6.45, 7) is 4.79. The number of rotatable bonds is 7. The average Bonchev–Trinajstić information content (AvgIpc) is 3.94. The van der Waals surface area contributed by atoms with E-state index in [0.29, 0.717) is 0 Å². The first-order chi connectivity index (χ1) is 28.5. The maximum atomic E-state index is 7.12. The monoisotopic (exact) mass is 765 g/mol. The first kappa shape index (κ1) is 34.8. The minimum atomic E-state index is -0.355. The summed E-state index contributed by atoms with van der Waals surface area (Å²) >= 11 is 1.91. The molecule has 8 aromatic rings. The molecule has 0 N–H and O–H groups in total. The third-order valence-electron chi connectivity index (χ3n) is 12.3. The first-order valence-corrected chi connectivity index (χ1v) is 21.4. The molecular weight excluding hydrogens is 723 g/mol. The van der Waals surface area contributed by atoms with E-state index in [9.17, 15) is 0 Å². The molecule has 0 atom stereocenters. The fraction of sp³-hybridized carbons (Fsp3) is 0.127. The molecule has 0 fully saturated rings. The van der Waals surface area contributed by atoms with Crippen molar-refractivity contribution in [2.75, 3.05) is 4.90 Å². The number of nitrogens with zero attached hydrogens (tertiary/aromatic N) is 1. The Morgan fingerprint density at radius 3 is 1.90 bits per heavy atom. The minimum absolute atomic E-state index is 0.355. The highest BCUT2D eigenvalue weighted by molar-refractivity contribution is 7.17. The lowest BCUT2D eigenvalue weighted by atomic mass is 9.77. The summed E-state index contributed by atoms with van der Waals surface area (Å²) in [5.41, 5.74) is 15.3. The largest absolute Gasteiger partial charge is 0.455 e. The normalized spacial score (nSPS) is 14.9. The second-order valence-corrected chi connectivity index (χ2v) is 17.3. The number of benzene rings is 6. The van der Waals surface area contributed by atoms with Gasteiger partial charge in [-0.2, -0.15) is 0 Å². The van der Waals surface area contributed by atoms with Gasteiger partial charge in [-0.05, 0) is 101 Å². The Hall–Kier alpha value is -6.42. The summed E-state index contributed by atoms with van der Waals surface area (Å²) in [6, 6.07) is 53.2. The van der Waals surface area contributed by atoms with Gasteiger partial charge < -0.3 is 9.32 Å². The van der Waals surface area contributed by atoms with Crippen LogP contribution in [0.2, 0.25) is 0 Å². The number of hydrogen-bond donors (Lipinski definition) is 0. The van der Waals surface area contributed by atoms with E-state index in [0.717, 1.165) is 54.1 Å². The number of thiophene rings is 1. The van der Waals surface area contributed by atoms with Gasteiger partial charge >= 0.3 is 0 Å². The lowest BCUT2D eigenvalue weighted by Crippen LogP contribution is -2.22. The molecule has 0 spiro atoms. The van der Waals surface area contributed by atoms with Crippen LogP contribution in [0.3, 0.4) is 0 Å². The van der Waals surface area contributed by atoms with Crippen molar-refractivity contribution in [1.29, 1.82) is 0 Å². The van der Waals surface area contributed by atoms with Gasteiger partial charge in [0.25, 0.3) is 0 Å². The zero-order valence-electron chi connectivity index (χ0n) is 32.8. The van der Waals surface area contributed by atoms with Gasteiger partial charge in [0.1, 0.15) is 11.5 Å². The van der Waals surface area contributed by atoms with Crippen LogP contribution in [0.4, 0.5) is 17.1 Å². The van der Waals surface area contributed by atoms with E-state index in [4.69, 9.17) is 4.42 Å². The SMILES string of the molecule is CC1(C)c2c(cccc2N(c2ccc(-c3ccc(-c4ccccc4)cc3)cc2)c2ccc3sc4c(c3c2)=CCCC=4)-c2oc(-c3ccccc3)c(C3=CCCC=C3)c21. The van der Waals surface area contributed by atoms with Gasteiger partial charge in [0, 0.05) is 53.7 Å². The van der Waals surface area contributed by atoms with Crippen molar-refractivity contribution in [3.8, 4) is 44.9 Å². The van der Waals surface area contributed by atoms with Gasteiger partial charge in [0.05, 0.1) is 5.69 Å². The van der Waals surface area contributed by atoms with Crippen molar-refractivity contribution in [3.63, 3.8) is 0 Å². The number of anilines is 3. The third-order valence-corrected chi connectivity index (χ3v) is 13.5. The Bertz CT molecular complexity index is 3050. The predicted molar refractivity (Wildman–Crippen MR) is 246 cm³/mol. The second-order valence-electron chi connectivity index (χ2n) is 16.2. The fourth-order valence-corrected chi connectivity index (χ4v) is 10.7. The lowest BCUT2D eigenvalue weighted by molar-refractivity contribution is 0.592. The maximum Gasteiger partial charge on any atom is 0.142 e. The Labute approximate surface area is 344 Å². The van der Waals surface area contributed by atoms with E-state index in [1.54, 1.807) is 0 Å². The van der Waals surface area contributed by atoms with Crippen molar-refractivity contribution < 1.29 is 4.42 Å². The van der Waals surface area contributed by atoms with Crippen LogP contribution >= 0.6 is 11.3 Å². The van der Waals surface area contributed by atoms with Crippen LogP contribution in [0, 0.1) is 0 Å². The molecule has 3 heteroatoms. The molecule has 6 aromatic carbocycles. The summed E-state index contributed by atoms with van der Waals surface area (Å²) in [4.78, 5) is 2.49. The van der Waals surface area contributed by atoms with Crippen molar-refractivity contribution >= 4 is 56.2 Å². The van der Waals surface area contributed by atoms with Gasteiger partial charge in [-0.15, -0.1) is 11.3 Å². The van der Waals surface area contributed by atoms with Crippen molar-refractivity contribution in [3.05, 3.63) is 190 Å². The van der Waals surface area contributed by atoms with Crippen LogP contribution in [0.5, 0.6) is 0 Å². The van der Waals surface area contributed by atoms with Crippen molar-refractivity contribution in [1.82, 2.24) is 0 Å². The van der Waals surface area contributed by atoms with E-state index in [1.807, 2.05) is 11.3 Å². The molecule has 0 aliphatic heterocycles. The summed E-state index contributed by atoms with van der Waals surface area (Å²) in [7, 11) is 0. The average molecular weight is 766 g/mol. The minimum Gasteiger partial charge on any atom is -0.455 e. The molecular formula is C55H43NOS. The summed E-state index contributed by atoms with van der Waals surface area (Å²) in [6.07, 6.45) is 16.1. The van der Waals surface area contributed by atoms with Crippen LogP contribution in [0.1, 0.15) is 56.2 Å². The molecule has 0 bridgehead atoms. The van der Waals surface area contributed by atoms with Crippen LogP contribution in [0.15, 0.2) is 168 Å². The van der Waals surface area contributed by atoms with Gasteiger partial charge in [-0.25, -0.2) is 0 Å². The molecule has 0 unspecified atom stereocenters. The predicted octanol–water partition coefficient (Wildman–Crippen LogP) is 14.4. The zero-order chi connectivity index (χ0) is 38.8. The topological polar surface area (TPSA) is 16.4 Å². The maximum absolute atomic E-state index is 7.12. The molecule has 3 aliphatic rings. The highest BCUT2D eigenvalue weighted by Crippen LogP contribution is 2.59. The molecule has 0 saturated carbocycles. The summed E-state index contributed by atoms with van der Waals surface area (Å²) < 4.78 is 9.85. The van der Waals surface area contributed by atoms with E-state index < -0.39 is 0 Å². The standard InChI is InChI=1S/C55H43NOS/c1-55(2)51-45(54-52(55)50(40-17-8-4-9-18-40)53(57-54)41-19-10-5-11-20-41)22-14-23-47(51)56(43-33-34-49-46(35-43)44-21-12-13-24-48(44)58-49)42-31-29-39(30-32-42)38-27-25-37(26-28-38)36-15-6-3-7-16-36/h3,5-8,10-11,14-35H,4,9,12-13H2,1-2H3. The Kier molecular flexibility index (Phi) is 8.34. The molecule has 0 amide bonds. The Morgan fingerprint density at radius 1 is 0.552 bits per heavy atom. The third kappa shape index (κ3) is 5.68. The molecule has 0 saturated heterocycles. The molecule has 2 aromatic heterocycles. The number of hydrogen-bond acceptors (Lipinski definition) is 3. The molecule has 280 valence electrons. The second kappa shape index (κ2) is 13.9. The number of allylic oxidation sites excluding steroid dienone is 4. The fourth-order valence-electron chi connectivity index (χ4n) is 9.56. The first-order valence-electron chi connectivity index (χ1n) is 20.6. The van der Waals surface area contributed by atoms with E-state index >= 15 is 0 Å². The molecule has 0 radical (unpaired) electrons. The lowest BCUT2D eigenvalue weighted by Gasteiger charge is -2.32. The van der Waals surface area contributed by atoms with Crippen LogP contribution in [0.25, 0.3) is 72.7 Å². The van der Waals surface area contributed by atoms with Gasteiger partial charge in [0.15, 0.2) is 0 Å². The summed E-state index contributed by atoms with van der Waals surface area (Å²) in [5.74, 6) is 1.94. The number of furan rings is 1. The molecule has 58 heavy (non-hydrogen) atoms. The summed E-state index contributed by atoms with van der Waals surface area (Å²) in [5, 5.41) is 2.71.